The van der Waals surface area contributed by atoms with Gasteiger partial charge in [-0.25, -0.2) is 0 Å². The maximum atomic E-state index is 12.7. The highest BCUT2D eigenvalue weighted by Gasteiger charge is 2.19. The zero-order chi connectivity index (χ0) is 39.6. The van der Waals surface area contributed by atoms with Crippen molar-refractivity contribution in [2.24, 2.45) is 5.92 Å². The van der Waals surface area contributed by atoms with Crippen LogP contribution in [0.5, 0.6) is 0 Å². The van der Waals surface area contributed by atoms with Gasteiger partial charge >= 0.3 is 17.9 Å². The minimum absolute atomic E-state index is 0.0635. The van der Waals surface area contributed by atoms with E-state index in [1.54, 1.807) is 0 Å². The van der Waals surface area contributed by atoms with Crippen LogP contribution in [-0.4, -0.2) is 37.2 Å². The summed E-state index contributed by atoms with van der Waals surface area (Å²) in [5, 5.41) is 0. The van der Waals surface area contributed by atoms with Gasteiger partial charge < -0.3 is 14.2 Å². The van der Waals surface area contributed by atoms with Crippen molar-refractivity contribution in [3.63, 3.8) is 0 Å². The molecule has 0 aromatic heterocycles. The Kier molecular flexibility index (Phi) is 41.3. The lowest BCUT2D eigenvalue weighted by Gasteiger charge is -2.18. The Morgan fingerprint density at radius 1 is 0.352 bits per heavy atom. The van der Waals surface area contributed by atoms with Crippen molar-refractivity contribution in [1.82, 2.24) is 0 Å². The van der Waals surface area contributed by atoms with Crippen LogP contribution in [0.25, 0.3) is 0 Å². The molecule has 0 fully saturated rings. The first-order chi connectivity index (χ1) is 26.4. The molecule has 6 heteroatoms. The molecule has 320 valence electrons. The smallest absolute Gasteiger partial charge is 0.306 e. The van der Waals surface area contributed by atoms with Gasteiger partial charge in [0, 0.05) is 19.3 Å². The molecule has 0 spiro atoms. The zero-order valence-corrected chi connectivity index (χ0v) is 36.7. The van der Waals surface area contributed by atoms with Crippen LogP contribution in [0, 0.1) is 5.92 Å². The summed E-state index contributed by atoms with van der Waals surface area (Å²) >= 11 is 0. The zero-order valence-electron chi connectivity index (χ0n) is 36.7. The number of ether oxygens (including phenoxy) is 3. The Morgan fingerprint density at radius 3 is 0.907 bits per heavy atom. The predicted molar refractivity (Wildman–Crippen MR) is 229 cm³/mol. The first-order valence-corrected chi connectivity index (χ1v) is 23.9. The number of hydrogen-bond acceptors (Lipinski definition) is 6. The van der Waals surface area contributed by atoms with Gasteiger partial charge in [-0.3, -0.25) is 14.4 Å². The topological polar surface area (TPSA) is 78.9 Å². The molecule has 0 N–H and O–H groups in total. The summed E-state index contributed by atoms with van der Waals surface area (Å²) in [7, 11) is 0. The molecule has 0 unspecified atom stereocenters. The minimum atomic E-state index is -0.759. The molecule has 0 amide bonds. The van der Waals surface area contributed by atoms with Gasteiger partial charge in [0.2, 0.25) is 0 Å². The van der Waals surface area contributed by atoms with Gasteiger partial charge in [-0.1, -0.05) is 227 Å². The lowest BCUT2D eigenvalue weighted by atomic mass is 10.0. The number of carbonyl (C=O) groups excluding carboxylic acids is 3. The lowest BCUT2D eigenvalue weighted by Crippen LogP contribution is -2.30. The van der Waals surface area contributed by atoms with E-state index in [1.165, 1.54) is 161 Å². The highest BCUT2D eigenvalue weighted by Crippen LogP contribution is 2.16. The van der Waals surface area contributed by atoms with Crippen molar-refractivity contribution < 1.29 is 28.6 Å². The van der Waals surface area contributed by atoms with Gasteiger partial charge in [-0.2, -0.15) is 0 Å². The first kappa shape index (κ1) is 52.4. The van der Waals surface area contributed by atoms with Gasteiger partial charge in [-0.05, 0) is 25.2 Å². The molecule has 0 aliphatic rings. The van der Waals surface area contributed by atoms with E-state index >= 15 is 0 Å². The Hall–Kier alpha value is -1.59. The van der Waals surface area contributed by atoms with Crippen LogP contribution in [0.2, 0.25) is 0 Å². The van der Waals surface area contributed by atoms with Crippen LogP contribution in [0.4, 0.5) is 0 Å². The number of hydrogen-bond donors (Lipinski definition) is 0. The Bertz CT molecular complexity index is 811. The minimum Gasteiger partial charge on any atom is -0.462 e. The molecule has 0 aliphatic carbocycles. The van der Waals surface area contributed by atoms with Crippen molar-refractivity contribution in [2.75, 3.05) is 13.2 Å². The summed E-state index contributed by atoms with van der Waals surface area (Å²) in [4.78, 5) is 37.7. The summed E-state index contributed by atoms with van der Waals surface area (Å²) in [6.07, 6.45) is 42.2. The maximum absolute atomic E-state index is 12.7. The van der Waals surface area contributed by atoms with Crippen LogP contribution < -0.4 is 0 Å². The SMILES string of the molecule is CCCCCCCCCCCCCCCC(=O)OC[C@H](COC(=O)CCCCCCCCCCCC)OC(=O)CCCCCCCCCCCCC(C)C. The molecular weight excluding hydrogens is 673 g/mol. The highest BCUT2D eigenvalue weighted by molar-refractivity contribution is 5.71. The number of rotatable bonds is 43. The van der Waals surface area contributed by atoms with Crippen LogP contribution >= 0.6 is 0 Å². The summed E-state index contributed by atoms with van der Waals surface area (Å²) in [6, 6.07) is 0. The largest absolute Gasteiger partial charge is 0.462 e. The fourth-order valence-corrected chi connectivity index (χ4v) is 7.16. The summed E-state index contributed by atoms with van der Waals surface area (Å²) in [5.74, 6) is -0.0357. The van der Waals surface area contributed by atoms with E-state index in [0.717, 1.165) is 63.7 Å². The van der Waals surface area contributed by atoms with E-state index in [4.69, 9.17) is 14.2 Å². The van der Waals surface area contributed by atoms with Crippen LogP contribution in [0.1, 0.15) is 265 Å². The van der Waals surface area contributed by atoms with Crippen LogP contribution in [0.3, 0.4) is 0 Å². The molecule has 0 radical (unpaired) electrons. The lowest BCUT2D eigenvalue weighted by molar-refractivity contribution is -0.167. The molecule has 0 bridgehead atoms. The van der Waals surface area contributed by atoms with Gasteiger partial charge in [-0.15, -0.1) is 0 Å². The molecule has 0 saturated heterocycles. The third-order valence-electron chi connectivity index (χ3n) is 10.8. The van der Waals surface area contributed by atoms with E-state index in [1.807, 2.05) is 0 Å². The number of unbranched alkanes of at least 4 members (excludes halogenated alkanes) is 30. The molecular formula is C48H92O6. The average molecular weight is 765 g/mol. The Balaban J connectivity index is 4.32. The van der Waals surface area contributed by atoms with E-state index in [0.29, 0.717) is 19.3 Å². The van der Waals surface area contributed by atoms with E-state index in [2.05, 4.69) is 27.7 Å². The molecule has 0 rings (SSSR count). The van der Waals surface area contributed by atoms with Crippen LogP contribution in [0.15, 0.2) is 0 Å². The highest BCUT2D eigenvalue weighted by atomic mass is 16.6. The first-order valence-electron chi connectivity index (χ1n) is 23.9. The summed E-state index contributed by atoms with van der Waals surface area (Å²) in [5.41, 5.74) is 0. The third-order valence-corrected chi connectivity index (χ3v) is 10.8. The maximum Gasteiger partial charge on any atom is 0.306 e. The molecule has 0 saturated carbocycles. The van der Waals surface area contributed by atoms with Gasteiger partial charge in [0.1, 0.15) is 13.2 Å². The van der Waals surface area contributed by atoms with E-state index in [9.17, 15) is 14.4 Å². The fourth-order valence-electron chi connectivity index (χ4n) is 7.16. The van der Waals surface area contributed by atoms with Crippen LogP contribution in [-0.2, 0) is 28.6 Å². The quantitative estimate of drug-likeness (QED) is 0.0349. The van der Waals surface area contributed by atoms with Crippen molar-refractivity contribution in [2.45, 2.75) is 271 Å². The molecule has 1 atom stereocenters. The second-order valence-electron chi connectivity index (χ2n) is 16.9. The second kappa shape index (κ2) is 42.6. The molecule has 0 aliphatic heterocycles. The fraction of sp³-hybridized carbons (Fsp3) is 0.938. The summed E-state index contributed by atoms with van der Waals surface area (Å²) < 4.78 is 16.7. The molecule has 54 heavy (non-hydrogen) atoms. The van der Waals surface area contributed by atoms with Crippen molar-refractivity contribution in [3.05, 3.63) is 0 Å². The Morgan fingerprint density at radius 2 is 0.611 bits per heavy atom. The predicted octanol–water partition coefficient (Wildman–Crippen LogP) is 15.1. The number of esters is 3. The van der Waals surface area contributed by atoms with Gasteiger partial charge in [0.05, 0.1) is 0 Å². The average Bonchev–Trinajstić information content (AvgIpc) is 3.15. The third kappa shape index (κ3) is 41.6. The van der Waals surface area contributed by atoms with Crippen molar-refractivity contribution in [1.29, 1.82) is 0 Å². The molecule has 0 aromatic rings. The van der Waals surface area contributed by atoms with E-state index in [-0.39, 0.29) is 31.1 Å². The second-order valence-corrected chi connectivity index (χ2v) is 16.9. The van der Waals surface area contributed by atoms with Crippen molar-refractivity contribution >= 4 is 17.9 Å². The monoisotopic (exact) mass is 765 g/mol. The number of carbonyl (C=O) groups is 3. The van der Waals surface area contributed by atoms with Gasteiger partial charge in [0.15, 0.2) is 6.10 Å². The van der Waals surface area contributed by atoms with Gasteiger partial charge in [0.25, 0.3) is 0 Å². The van der Waals surface area contributed by atoms with Crippen molar-refractivity contribution in [3.8, 4) is 0 Å². The standard InChI is InChI=1S/C48H92O6/c1-5-7-9-11-13-15-17-18-19-24-28-32-36-40-47(50)53-43-45(42-52-46(49)39-35-31-27-23-16-14-12-10-8-6-2)54-48(51)41-37-33-29-25-21-20-22-26-30-34-38-44(3)4/h44-45H,5-43H2,1-4H3/t45-/m0/s1. The molecule has 0 aromatic carbocycles. The Labute approximate surface area is 336 Å². The molecule has 0 heterocycles. The normalized spacial score (nSPS) is 11.9. The van der Waals surface area contributed by atoms with E-state index < -0.39 is 6.10 Å². The molecule has 6 nitrogen and oxygen atoms in total. The summed E-state index contributed by atoms with van der Waals surface area (Å²) in [6.45, 7) is 8.98.